The number of carbonyl (C=O) groups excluding carboxylic acids is 2. The molecule has 1 aliphatic heterocycles. The van der Waals surface area contributed by atoms with Gasteiger partial charge in [0, 0.05) is 18.7 Å². The van der Waals surface area contributed by atoms with E-state index in [1.807, 2.05) is 18.2 Å². The van der Waals surface area contributed by atoms with Crippen molar-refractivity contribution in [1.82, 2.24) is 4.90 Å². The van der Waals surface area contributed by atoms with E-state index in [2.05, 4.69) is 0 Å². The van der Waals surface area contributed by atoms with E-state index in [9.17, 15) is 9.59 Å². The molecule has 4 heteroatoms. The Labute approximate surface area is 125 Å². The molecule has 0 radical (unpaired) electrons. The summed E-state index contributed by atoms with van der Waals surface area (Å²) < 4.78 is 0. The highest BCUT2D eigenvalue weighted by Gasteiger charge is 2.28. The number of fused-ring (bicyclic) bond motifs is 1. The van der Waals surface area contributed by atoms with E-state index >= 15 is 0 Å². The maximum absolute atomic E-state index is 12.2. The van der Waals surface area contributed by atoms with Gasteiger partial charge in [-0.2, -0.15) is 0 Å². The van der Waals surface area contributed by atoms with Crippen molar-refractivity contribution in [3.8, 4) is 0 Å². The van der Waals surface area contributed by atoms with Crippen molar-refractivity contribution in [1.29, 1.82) is 0 Å². The first-order valence-electron chi connectivity index (χ1n) is 7.75. The molecule has 2 amide bonds. The zero-order chi connectivity index (χ0) is 15.0. The highest BCUT2D eigenvalue weighted by atomic mass is 16.2. The van der Waals surface area contributed by atoms with Crippen LogP contribution in [0.4, 0.5) is 0 Å². The van der Waals surface area contributed by atoms with Gasteiger partial charge in [0.25, 0.3) is 5.91 Å². The molecule has 1 fully saturated rings. The summed E-state index contributed by atoms with van der Waals surface area (Å²) in [5, 5.41) is 0. The van der Waals surface area contributed by atoms with E-state index in [0.29, 0.717) is 12.0 Å². The lowest BCUT2D eigenvalue weighted by Gasteiger charge is -2.25. The number of imide groups is 1. The monoisotopic (exact) mass is 286 g/mol. The van der Waals surface area contributed by atoms with Crippen LogP contribution in [0.15, 0.2) is 18.2 Å². The van der Waals surface area contributed by atoms with Crippen LogP contribution in [0.25, 0.3) is 0 Å². The Morgan fingerprint density at radius 2 is 2.00 bits per heavy atom. The summed E-state index contributed by atoms with van der Waals surface area (Å²) in [6.45, 7) is 0. The van der Waals surface area contributed by atoms with E-state index in [1.54, 1.807) is 7.05 Å². The van der Waals surface area contributed by atoms with E-state index in [-0.39, 0.29) is 17.9 Å². The number of nitrogens with two attached hydrogens (primary N) is 1. The zero-order valence-corrected chi connectivity index (χ0v) is 12.5. The largest absolute Gasteiger partial charge is 0.324 e. The Kier molecular flexibility index (Phi) is 3.81. The quantitative estimate of drug-likeness (QED) is 0.868. The molecular weight excluding hydrogens is 264 g/mol. The maximum Gasteiger partial charge on any atom is 0.260 e. The standard InChI is InChI=1S/C17H22N2O2/c1-19-16(20)10-12-6-7-13(9-14(12)17(19)21)15(18)8-11-4-2-3-5-11/h6-7,9,11,15H,2-5,8,10,18H2,1H3. The van der Waals surface area contributed by atoms with Gasteiger partial charge < -0.3 is 5.73 Å². The molecule has 1 unspecified atom stereocenters. The molecule has 1 atom stereocenters. The van der Waals surface area contributed by atoms with Crippen LogP contribution in [0.5, 0.6) is 0 Å². The minimum atomic E-state index is -0.212. The second-order valence-electron chi connectivity index (χ2n) is 6.34. The number of benzene rings is 1. The summed E-state index contributed by atoms with van der Waals surface area (Å²) in [5.74, 6) is 0.364. The Hall–Kier alpha value is -1.68. The molecule has 0 saturated heterocycles. The number of likely N-dealkylation sites (N-methyl/N-ethyl adjacent to an activating group) is 1. The molecule has 1 aromatic rings. The fourth-order valence-corrected chi connectivity index (χ4v) is 3.49. The smallest absolute Gasteiger partial charge is 0.260 e. The first kappa shape index (κ1) is 14.3. The summed E-state index contributed by atoms with van der Waals surface area (Å²) in [6, 6.07) is 5.74. The minimum absolute atomic E-state index is 0.0193. The van der Waals surface area contributed by atoms with Gasteiger partial charge in [0.1, 0.15) is 0 Å². The molecule has 1 aliphatic carbocycles. The van der Waals surface area contributed by atoms with Crippen molar-refractivity contribution in [3.05, 3.63) is 34.9 Å². The molecular formula is C17H22N2O2. The summed E-state index contributed by atoms with van der Waals surface area (Å²) in [6.07, 6.45) is 6.46. The molecule has 1 saturated carbocycles. The third-order valence-electron chi connectivity index (χ3n) is 4.87. The van der Waals surface area contributed by atoms with Crippen molar-refractivity contribution < 1.29 is 9.59 Å². The molecule has 112 valence electrons. The number of amides is 2. The predicted octanol–water partition coefficient (Wildman–Crippen LogP) is 2.42. The molecule has 21 heavy (non-hydrogen) atoms. The van der Waals surface area contributed by atoms with Crippen LogP contribution in [0.2, 0.25) is 0 Å². The van der Waals surface area contributed by atoms with Gasteiger partial charge in [-0.05, 0) is 29.5 Å². The zero-order valence-electron chi connectivity index (χ0n) is 12.5. The third-order valence-corrected chi connectivity index (χ3v) is 4.87. The topological polar surface area (TPSA) is 63.4 Å². The average molecular weight is 286 g/mol. The van der Waals surface area contributed by atoms with Crippen LogP contribution in [0.1, 0.15) is 59.6 Å². The van der Waals surface area contributed by atoms with Crippen molar-refractivity contribution in [2.45, 2.75) is 44.6 Å². The Bertz CT molecular complexity index is 576. The van der Waals surface area contributed by atoms with E-state index < -0.39 is 0 Å². The van der Waals surface area contributed by atoms with Gasteiger partial charge >= 0.3 is 0 Å². The number of rotatable bonds is 3. The first-order valence-corrected chi connectivity index (χ1v) is 7.75. The van der Waals surface area contributed by atoms with Gasteiger partial charge in [-0.15, -0.1) is 0 Å². The fourth-order valence-electron chi connectivity index (χ4n) is 3.49. The number of hydrogen-bond acceptors (Lipinski definition) is 3. The number of carbonyl (C=O) groups is 2. The number of nitrogens with zero attached hydrogens (tertiary/aromatic N) is 1. The maximum atomic E-state index is 12.2. The normalized spacial score (nSPS) is 20.8. The molecule has 2 aliphatic rings. The highest BCUT2D eigenvalue weighted by Crippen LogP contribution is 2.33. The first-order chi connectivity index (χ1) is 10.1. The Morgan fingerprint density at radius 1 is 1.29 bits per heavy atom. The van der Waals surface area contributed by atoms with Crippen molar-refractivity contribution in [3.63, 3.8) is 0 Å². The van der Waals surface area contributed by atoms with E-state index in [1.165, 1.54) is 30.6 Å². The molecule has 0 spiro atoms. The summed E-state index contributed by atoms with van der Waals surface area (Å²) >= 11 is 0. The lowest BCUT2D eigenvalue weighted by atomic mass is 9.90. The second-order valence-corrected chi connectivity index (χ2v) is 6.34. The Morgan fingerprint density at radius 3 is 2.71 bits per heavy atom. The van der Waals surface area contributed by atoms with Crippen LogP contribution < -0.4 is 5.73 Å². The van der Waals surface area contributed by atoms with Crippen molar-refractivity contribution in [2.24, 2.45) is 11.7 Å². The van der Waals surface area contributed by atoms with Crippen LogP contribution in [0.3, 0.4) is 0 Å². The van der Waals surface area contributed by atoms with Gasteiger partial charge in [-0.25, -0.2) is 0 Å². The Balaban J connectivity index is 1.82. The van der Waals surface area contributed by atoms with Crippen LogP contribution >= 0.6 is 0 Å². The van der Waals surface area contributed by atoms with Crippen LogP contribution in [0, 0.1) is 5.92 Å². The molecule has 3 rings (SSSR count). The molecule has 1 heterocycles. The van der Waals surface area contributed by atoms with Gasteiger partial charge in [0.2, 0.25) is 5.91 Å². The predicted molar refractivity (Wildman–Crippen MR) is 80.7 cm³/mol. The summed E-state index contributed by atoms with van der Waals surface area (Å²) in [4.78, 5) is 25.1. The third kappa shape index (κ3) is 2.72. The second kappa shape index (κ2) is 5.60. The molecule has 1 aromatic carbocycles. The molecule has 4 nitrogen and oxygen atoms in total. The molecule has 0 bridgehead atoms. The number of hydrogen-bond donors (Lipinski definition) is 1. The summed E-state index contributed by atoms with van der Waals surface area (Å²) in [7, 11) is 1.54. The van der Waals surface area contributed by atoms with Crippen LogP contribution in [-0.4, -0.2) is 23.8 Å². The van der Waals surface area contributed by atoms with Gasteiger partial charge in [0.15, 0.2) is 0 Å². The SMILES string of the molecule is CN1C(=O)Cc2ccc(C(N)CC3CCCC3)cc2C1=O. The van der Waals surface area contributed by atoms with Gasteiger partial charge in [0.05, 0.1) is 6.42 Å². The van der Waals surface area contributed by atoms with E-state index in [4.69, 9.17) is 5.73 Å². The van der Waals surface area contributed by atoms with E-state index in [0.717, 1.165) is 23.5 Å². The van der Waals surface area contributed by atoms with Crippen LogP contribution in [-0.2, 0) is 11.2 Å². The lowest BCUT2D eigenvalue weighted by Crippen LogP contribution is -2.39. The lowest BCUT2D eigenvalue weighted by molar-refractivity contribution is -0.127. The van der Waals surface area contributed by atoms with Gasteiger partial charge in [-0.1, -0.05) is 37.8 Å². The summed E-state index contributed by atoms with van der Waals surface area (Å²) in [5.41, 5.74) is 8.79. The van der Waals surface area contributed by atoms with Crippen molar-refractivity contribution >= 4 is 11.8 Å². The minimum Gasteiger partial charge on any atom is -0.324 e. The average Bonchev–Trinajstić information content (AvgIpc) is 2.97. The van der Waals surface area contributed by atoms with Gasteiger partial charge in [-0.3, -0.25) is 14.5 Å². The fraction of sp³-hybridized carbons (Fsp3) is 0.529. The van der Waals surface area contributed by atoms with Crippen molar-refractivity contribution in [2.75, 3.05) is 7.05 Å². The highest BCUT2D eigenvalue weighted by molar-refractivity contribution is 6.09. The molecule has 0 aromatic heterocycles. The molecule has 2 N–H and O–H groups in total.